The van der Waals surface area contributed by atoms with Crippen LogP contribution in [0.1, 0.15) is 32.1 Å². The van der Waals surface area contributed by atoms with Gasteiger partial charge in [-0.3, -0.25) is 4.79 Å². The van der Waals surface area contributed by atoms with Gasteiger partial charge in [-0.2, -0.15) is 0 Å². The molecule has 2 fully saturated rings. The molecule has 0 saturated heterocycles. The van der Waals surface area contributed by atoms with E-state index < -0.39 is 11.6 Å². The molecule has 2 rings (SSSR count). The lowest BCUT2D eigenvalue weighted by Gasteiger charge is -2.41. The molecule has 0 aromatic heterocycles. The molecule has 68 valence electrons. The topological polar surface area (TPSA) is 57.5 Å². The lowest BCUT2D eigenvalue weighted by Crippen LogP contribution is -2.47. The largest absolute Gasteiger partial charge is 0.481 e. The average Bonchev–Trinajstić information content (AvgIpc) is 2.65. The van der Waals surface area contributed by atoms with Gasteiger partial charge in [-0.15, -0.1) is 0 Å². The molecular weight excluding hydrogens is 156 g/mol. The summed E-state index contributed by atoms with van der Waals surface area (Å²) < 4.78 is 0. The van der Waals surface area contributed by atoms with Crippen LogP contribution in [-0.2, 0) is 4.79 Å². The number of hydrogen-bond acceptors (Lipinski definition) is 2. The Morgan fingerprint density at radius 3 is 2.42 bits per heavy atom. The Balaban J connectivity index is 1.80. The highest BCUT2D eigenvalue weighted by atomic mass is 16.4. The van der Waals surface area contributed by atoms with Crippen molar-refractivity contribution in [3.8, 4) is 0 Å². The van der Waals surface area contributed by atoms with E-state index in [-0.39, 0.29) is 5.92 Å². The first kappa shape index (κ1) is 8.05. The highest BCUT2D eigenvalue weighted by molar-refractivity contribution is 5.71. The Kier molecular flexibility index (Phi) is 1.65. The summed E-state index contributed by atoms with van der Waals surface area (Å²) in [5.74, 6) is -0.353. The summed E-state index contributed by atoms with van der Waals surface area (Å²) in [5, 5.41) is 18.4. The Morgan fingerprint density at radius 1 is 1.42 bits per heavy atom. The summed E-state index contributed by atoms with van der Waals surface area (Å²) in [5.41, 5.74) is -0.621. The average molecular weight is 170 g/mol. The molecule has 0 atom stereocenters. The zero-order valence-electron chi connectivity index (χ0n) is 6.99. The van der Waals surface area contributed by atoms with Crippen molar-refractivity contribution < 1.29 is 15.0 Å². The van der Waals surface area contributed by atoms with Gasteiger partial charge in [0, 0.05) is 0 Å². The van der Waals surface area contributed by atoms with Crippen LogP contribution in [0.5, 0.6) is 0 Å². The molecule has 0 amide bonds. The summed E-state index contributed by atoms with van der Waals surface area (Å²) in [6.07, 6.45) is 4.22. The summed E-state index contributed by atoms with van der Waals surface area (Å²) >= 11 is 0. The minimum Gasteiger partial charge on any atom is -0.481 e. The summed E-state index contributed by atoms with van der Waals surface area (Å²) in [6.45, 7) is 0. The maximum atomic E-state index is 10.5. The van der Waals surface area contributed by atoms with E-state index in [9.17, 15) is 9.90 Å². The van der Waals surface area contributed by atoms with E-state index in [1.54, 1.807) is 0 Å². The van der Waals surface area contributed by atoms with E-state index in [2.05, 4.69) is 0 Å². The monoisotopic (exact) mass is 170 g/mol. The number of carboxylic acid groups (broad SMARTS) is 1. The Labute approximate surface area is 71.4 Å². The molecule has 0 bridgehead atoms. The zero-order chi connectivity index (χ0) is 8.77. The predicted octanol–water partition coefficient (Wildman–Crippen LogP) is 1.01. The van der Waals surface area contributed by atoms with Crippen LogP contribution in [0.4, 0.5) is 0 Å². The summed E-state index contributed by atoms with van der Waals surface area (Å²) in [4.78, 5) is 10.5. The molecule has 0 aliphatic heterocycles. The molecule has 0 aromatic carbocycles. The molecule has 2 saturated carbocycles. The van der Waals surface area contributed by atoms with Crippen LogP contribution in [0, 0.1) is 11.8 Å². The van der Waals surface area contributed by atoms with Gasteiger partial charge in [0.1, 0.15) is 0 Å². The lowest BCUT2D eigenvalue weighted by molar-refractivity contribution is -0.159. The highest BCUT2D eigenvalue weighted by Gasteiger charge is 2.48. The first-order valence-corrected chi connectivity index (χ1v) is 4.54. The predicted molar refractivity (Wildman–Crippen MR) is 42.7 cm³/mol. The Morgan fingerprint density at radius 2 is 2.00 bits per heavy atom. The molecule has 3 nitrogen and oxygen atoms in total. The molecule has 3 heteroatoms. The molecule has 12 heavy (non-hydrogen) atoms. The molecule has 2 aliphatic rings. The van der Waals surface area contributed by atoms with Crippen LogP contribution in [0.15, 0.2) is 0 Å². The SMILES string of the molecule is O=C(O)C1CC(O)(CC2CC2)C1. The molecule has 0 aromatic rings. The second-order valence-corrected chi connectivity index (χ2v) is 4.32. The highest BCUT2D eigenvalue weighted by Crippen LogP contribution is 2.47. The van der Waals surface area contributed by atoms with Crippen molar-refractivity contribution in [3.63, 3.8) is 0 Å². The fourth-order valence-electron chi connectivity index (χ4n) is 2.06. The van der Waals surface area contributed by atoms with Crippen molar-refractivity contribution in [3.05, 3.63) is 0 Å². The van der Waals surface area contributed by atoms with Crippen LogP contribution in [0.3, 0.4) is 0 Å². The van der Waals surface area contributed by atoms with Gasteiger partial charge < -0.3 is 10.2 Å². The minimum absolute atomic E-state index is 0.284. The van der Waals surface area contributed by atoms with Gasteiger partial charge in [0.15, 0.2) is 0 Å². The third-order valence-electron chi connectivity index (χ3n) is 2.97. The van der Waals surface area contributed by atoms with Gasteiger partial charge in [-0.25, -0.2) is 0 Å². The lowest BCUT2D eigenvalue weighted by atomic mass is 9.68. The van der Waals surface area contributed by atoms with Crippen molar-refractivity contribution in [2.75, 3.05) is 0 Å². The van der Waals surface area contributed by atoms with E-state index >= 15 is 0 Å². The molecule has 0 unspecified atom stereocenters. The van der Waals surface area contributed by atoms with Crippen LogP contribution in [-0.4, -0.2) is 21.8 Å². The van der Waals surface area contributed by atoms with Gasteiger partial charge in [-0.1, -0.05) is 12.8 Å². The van der Waals surface area contributed by atoms with Crippen molar-refractivity contribution in [1.82, 2.24) is 0 Å². The van der Waals surface area contributed by atoms with E-state index in [0.29, 0.717) is 18.8 Å². The molecule has 2 N–H and O–H groups in total. The van der Waals surface area contributed by atoms with E-state index in [0.717, 1.165) is 6.42 Å². The van der Waals surface area contributed by atoms with Crippen molar-refractivity contribution in [2.45, 2.75) is 37.7 Å². The van der Waals surface area contributed by atoms with Crippen LogP contribution >= 0.6 is 0 Å². The van der Waals surface area contributed by atoms with Crippen molar-refractivity contribution >= 4 is 5.97 Å². The summed E-state index contributed by atoms with van der Waals surface area (Å²) in [6, 6.07) is 0. The quantitative estimate of drug-likeness (QED) is 0.664. The zero-order valence-corrected chi connectivity index (χ0v) is 6.99. The third-order valence-corrected chi connectivity index (χ3v) is 2.97. The van der Waals surface area contributed by atoms with Gasteiger partial charge >= 0.3 is 5.97 Å². The molecule has 2 aliphatic carbocycles. The van der Waals surface area contributed by atoms with Crippen LogP contribution in [0.2, 0.25) is 0 Å². The summed E-state index contributed by atoms with van der Waals surface area (Å²) in [7, 11) is 0. The maximum absolute atomic E-state index is 10.5. The normalized spacial score (nSPS) is 40.6. The Bertz CT molecular complexity index is 202. The fraction of sp³-hybridized carbons (Fsp3) is 0.889. The van der Waals surface area contributed by atoms with E-state index in [1.165, 1.54) is 12.8 Å². The first-order chi connectivity index (χ1) is 5.59. The molecular formula is C9H14O3. The van der Waals surface area contributed by atoms with Gasteiger partial charge in [0.05, 0.1) is 11.5 Å². The van der Waals surface area contributed by atoms with Crippen LogP contribution < -0.4 is 0 Å². The number of hydrogen-bond donors (Lipinski definition) is 2. The number of aliphatic hydroxyl groups is 1. The Hall–Kier alpha value is -0.570. The number of aliphatic carboxylic acids is 1. The first-order valence-electron chi connectivity index (χ1n) is 4.54. The van der Waals surface area contributed by atoms with E-state index in [1.807, 2.05) is 0 Å². The smallest absolute Gasteiger partial charge is 0.306 e. The third kappa shape index (κ3) is 1.46. The standard InChI is InChI=1S/C9H14O3/c10-8(11)7-4-9(12,5-7)3-6-1-2-6/h6-7,12H,1-5H2,(H,10,11). The van der Waals surface area contributed by atoms with E-state index in [4.69, 9.17) is 5.11 Å². The molecule has 0 radical (unpaired) electrons. The maximum Gasteiger partial charge on any atom is 0.306 e. The number of rotatable bonds is 3. The molecule has 0 spiro atoms. The molecule has 0 heterocycles. The second kappa shape index (κ2) is 2.46. The minimum atomic E-state index is -0.754. The second-order valence-electron chi connectivity index (χ2n) is 4.32. The van der Waals surface area contributed by atoms with Crippen LogP contribution in [0.25, 0.3) is 0 Å². The van der Waals surface area contributed by atoms with Gasteiger partial charge in [-0.05, 0) is 25.2 Å². The van der Waals surface area contributed by atoms with Crippen molar-refractivity contribution in [1.29, 1.82) is 0 Å². The van der Waals surface area contributed by atoms with Gasteiger partial charge in [0.25, 0.3) is 0 Å². The fourth-order valence-corrected chi connectivity index (χ4v) is 2.06. The number of carboxylic acids is 1. The number of carbonyl (C=O) groups is 1. The van der Waals surface area contributed by atoms with Gasteiger partial charge in [0.2, 0.25) is 0 Å². The van der Waals surface area contributed by atoms with Crippen molar-refractivity contribution in [2.24, 2.45) is 11.8 Å².